The Morgan fingerprint density at radius 3 is 1.93 bits per heavy atom. The summed E-state index contributed by atoms with van der Waals surface area (Å²) in [7, 11) is 3.36. The van der Waals surface area contributed by atoms with Crippen molar-refractivity contribution < 1.29 is 19.2 Å². The summed E-state index contributed by atoms with van der Waals surface area (Å²) in [6.45, 7) is 10.1. The van der Waals surface area contributed by atoms with Crippen LogP contribution < -0.4 is 32.3 Å². The smallest absolute Gasteiger partial charge is 0.312 e. The van der Waals surface area contributed by atoms with Crippen LogP contribution in [0.1, 0.15) is 53.9 Å². The van der Waals surface area contributed by atoms with Gasteiger partial charge in [0, 0.05) is 13.1 Å². The molecule has 0 spiro atoms. The summed E-state index contributed by atoms with van der Waals surface area (Å²) in [5.41, 5.74) is 4.94. The predicted octanol–water partition coefficient (Wildman–Crippen LogP) is -0.125. The number of amides is 4. The van der Waals surface area contributed by atoms with Gasteiger partial charge in [-0.05, 0) is 33.9 Å². The molecule has 0 aromatic carbocycles. The quantitative estimate of drug-likeness (QED) is 0.243. The highest BCUT2D eigenvalue weighted by Gasteiger charge is 2.19. The van der Waals surface area contributed by atoms with Crippen LogP contribution in [0.4, 0.5) is 4.79 Å². The van der Waals surface area contributed by atoms with Gasteiger partial charge in [-0.15, -0.1) is 0 Å². The first-order valence-electron chi connectivity index (χ1n) is 10.2. The van der Waals surface area contributed by atoms with Crippen molar-refractivity contribution in [3.8, 4) is 0 Å². The number of ketones is 1. The Morgan fingerprint density at radius 2 is 1.52 bits per heavy atom. The molecule has 0 rings (SSSR count). The number of primary amides is 1. The normalized spacial score (nSPS) is 11.4. The van der Waals surface area contributed by atoms with Gasteiger partial charge in [0.15, 0.2) is 5.78 Å². The molecule has 0 aliphatic heterocycles. The Hall–Kier alpha value is -2.20. The lowest BCUT2D eigenvalue weighted by molar-refractivity contribution is -0.129. The summed E-state index contributed by atoms with van der Waals surface area (Å²) in [6.07, 6.45) is 2.11. The number of likely N-dealkylation sites (N-methyl/N-ethyl adjacent to an activating group) is 2. The van der Waals surface area contributed by atoms with Crippen LogP contribution in [0.2, 0.25) is 0 Å². The number of nitrogens with one attached hydrogen (secondary N) is 5. The molecule has 0 aromatic rings. The van der Waals surface area contributed by atoms with E-state index in [9.17, 15) is 19.2 Å². The Bertz CT molecular complexity index is 460. The fourth-order valence-electron chi connectivity index (χ4n) is 1.96. The fourth-order valence-corrected chi connectivity index (χ4v) is 1.96. The molecule has 0 heterocycles. The average Bonchev–Trinajstić information content (AvgIpc) is 2.68. The van der Waals surface area contributed by atoms with Crippen LogP contribution in [0.25, 0.3) is 0 Å². The molecule has 0 aromatic heterocycles. The van der Waals surface area contributed by atoms with Crippen molar-refractivity contribution in [3.63, 3.8) is 0 Å². The lowest BCUT2D eigenvalue weighted by Gasteiger charge is -2.18. The molecule has 10 heteroatoms. The zero-order valence-electron chi connectivity index (χ0n) is 19.1. The van der Waals surface area contributed by atoms with Crippen molar-refractivity contribution in [2.75, 3.05) is 33.7 Å². The molecule has 7 N–H and O–H groups in total. The molecule has 0 saturated heterocycles. The summed E-state index contributed by atoms with van der Waals surface area (Å²) < 4.78 is 0. The Morgan fingerprint density at radius 1 is 0.966 bits per heavy atom. The van der Waals surface area contributed by atoms with Gasteiger partial charge < -0.3 is 32.3 Å². The highest BCUT2D eigenvalue weighted by atomic mass is 16.2. The Kier molecular flexibility index (Phi) is 24.0. The summed E-state index contributed by atoms with van der Waals surface area (Å²) in [5.74, 6) is -0.963. The molecule has 29 heavy (non-hydrogen) atoms. The Balaban J connectivity index is -0.00000123. The van der Waals surface area contributed by atoms with Gasteiger partial charge in [-0.2, -0.15) is 0 Å². The zero-order valence-corrected chi connectivity index (χ0v) is 19.1. The largest absolute Gasteiger partial charge is 0.352 e. The van der Waals surface area contributed by atoms with Gasteiger partial charge >= 0.3 is 6.03 Å². The van der Waals surface area contributed by atoms with E-state index in [0.717, 1.165) is 0 Å². The molecule has 4 amide bonds. The molecule has 0 fully saturated rings. The minimum absolute atomic E-state index is 0.197. The van der Waals surface area contributed by atoms with Gasteiger partial charge in [-0.1, -0.05) is 34.1 Å². The van der Waals surface area contributed by atoms with Crippen molar-refractivity contribution in [3.05, 3.63) is 0 Å². The molecule has 2 unspecified atom stereocenters. The predicted molar refractivity (Wildman–Crippen MR) is 117 cm³/mol. The third-order valence-electron chi connectivity index (χ3n) is 3.29. The lowest BCUT2D eigenvalue weighted by atomic mass is 10.1. The molecule has 172 valence electrons. The maximum Gasteiger partial charge on any atom is 0.312 e. The first kappa shape index (κ1) is 31.5. The fraction of sp³-hybridized carbons (Fsp3) is 0.789. The van der Waals surface area contributed by atoms with Crippen LogP contribution in [0, 0.1) is 0 Å². The minimum Gasteiger partial charge on any atom is -0.352 e. The summed E-state index contributed by atoms with van der Waals surface area (Å²) in [4.78, 5) is 45.8. The second kappa shape index (κ2) is 22.1. The SMILES string of the molecule is CC.CCC.CNCC(NC)C(=O)NCC(=O)NC(CCCNC(N)=O)C(C)=O. The van der Waals surface area contributed by atoms with Crippen LogP contribution >= 0.6 is 0 Å². The van der Waals surface area contributed by atoms with E-state index in [1.54, 1.807) is 14.1 Å². The maximum absolute atomic E-state index is 11.9. The molecule has 0 bridgehead atoms. The van der Waals surface area contributed by atoms with Crippen molar-refractivity contribution in [1.29, 1.82) is 0 Å². The van der Waals surface area contributed by atoms with Crippen LogP contribution in [-0.2, 0) is 14.4 Å². The second-order valence-electron chi connectivity index (χ2n) is 5.99. The average molecular weight is 419 g/mol. The van der Waals surface area contributed by atoms with E-state index in [0.29, 0.717) is 25.9 Å². The van der Waals surface area contributed by atoms with Gasteiger partial charge in [-0.25, -0.2) is 4.79 Å². The van der Waals surface area contributed by atoms with Crippen LogP contribution in [0.3, 0.4) is 0 Å². The van der Waals surface area contributed by atoms with Crippen molar-refractivity contribution in [2.24, 2.45) is 5.73 Å². The first-order valence-corrected chi connectivity index (χ1v) is 10.2. The summed E-state index contributed by atoms with van der Waals surface area (Å²) in [6, 6.07) is -1.76. The molecule has 0 saturated carbocycles. The number of carbonyl (C=O) groups is 4. The lowest BCUT2D eigenvalue weighted by Crippen LogP contribution is -2.51. The second-order valence-corrected chi connectivity index (χ2v) is 5.99. The number of nitrogens with two attached hydrogens (primary N) is 1. The Labute approximate surface area is 175 Å². The number of hydrogen-bond donors (Lipinski definition) is 6. The van der Waals surface area contributed by atoms with Crippen LogP contribution in [0.15, 0.2) is 0 Å². The van der Waals surface area contributed by atoms with Gasteiger partial charge in [0.05, 0.1) is 18.6 Å². The van der Waals surface area contributed by atoms with E-state index in [1.165, 1.54) is 13.3 Å². The van der Waals surface area contributed by atoms with Gasteiger partial charge in [-0.3, -0.25) is 14.4 Å². The van der Waals surface area contributed by atoms with Gasteiger partial charge in [0.25, 0.3) is 0 Å². The monoisotopic (exact) mass is 418 g/mol. The van der Waals surface area contributed by atoms with E-state index in [4.69, 9.17) is 5.73 Å². The summed E-state index contributed by atoms with van der Waals surface area (Å²) >= 11 is 0. The topological polar surface area (TPSA) is 154 Å². The number of Topliss-reactive ketones (excluding diaryl/α,β-unsaturated/α-hetero) is 1. The highest BCUT2D eigenvalue weighted by molar-refractivity contribution is 5.91. The molecule has 0 aliphatic carbocycles. The van der Waals surface area contributed by atoms with E-state index < -0.39 is 24.0 Å². The first-order chi connectivity index (χ1) is 13.7. The standard InChI is InChI=1S/C14H28N6O4.C3H8.C2H6/c1-9(21)10(5-4-6-18-14(15)24)20-12(22)8-19-13(23)11(17-3)7-16-2;1-3-2;1-2/h10-11,16-17H,4-8H2,1-3H3,(H,19,23)(H,20,22)(H3,15,18,24);3H2,1-2H3;1-2H3. The molecular weight excluding hydrogens is 376 g/mol. The third-order valence-corrected chi connectivity index (χ3v) is 3.29. The molecule has 2 atom stereocenters. The third kappa shape index (κ3) is 20.3. The summed E-state index contributed by atoms with van der Waals surface area (Å²) in [5, 5.41) is 13.2. The van der Waals surface area contributed by atoms with Crippen molar-refractivity contribution >= 4 is 23.6 Å². The highest BCUT2D eigenvalue weighted by Crippen LogP contribution is 1.98. The van der Waals surface area contributed by atoms with Gasteiger partial charge in [0.1, 0.15) is 0 Å². The van der Waals surface area contributed by atoms with Crippen LogP contribution in [0.5, 0.6) is 0 Å². The number of rotatable bonds is 12. The molecule has 0 aliphatic rings. The maximum atomic E-state index is 11.9. The minimum atomic E-state index is -0.665. The van der Waals surface area contributed by atoms with E-state index >= 15 is 0 Å². The van der Waals surface area contributed by atoms with E-state index in [2.05, 4.69) is 40.4 Å². The van der Waals surface area contributed by atoms with E-state index in [-0.39, 0.29) is 18.2 Å². The van der Waals surface area contributed by atoms with E-state index in [1.807, 2.05) is 13.8 Å². The van der Waals surface area contributed by atoms with Crippen LogP contribution in [-0.4, -0.2) is 69.4 Å². The zero-order chi connectivity index (χ0) is 23.2. The number of urea groups is 1. The number of carbonyl (C=O) groups excluding carboxylic acids is 4. The van der Waals surface area contributed by atoms with Gasteiger partial charge in [0.2, 0.25) is 11.8 Å². The number of hydrogen-bond acceptors (Lipinski definition) is 6. The molecular formula is C19H42N6O4. The molecule has 0 radical (unpaired) electrons. The molecule has 10 nitrogen and oxygen atoms in total. The van der Waals surface area contributed by atoms with Crippen molar-refractivity contribution in [2.45, 2.75) is 66.0 Å². The van der Waals surface area contributed by atoms with Crippen molar-refractivity contribution in [1.82, 2.24) is 26.6 Å².